The highest BCUT2D eigenvalue weighted by molar-refractivity contribution is 5.94. The van der Waals surface area contributed by atoms with Gasteiger partial charge in [0.1, 0.15) is 0 Å². The predicted octanol–water partition coefficient (Wildman–Crippen LogP) is 3.45. The second-order valence-electron chi connectivity index (χ2n) is 4.09. The molecule has 92 valence electrons. The van der Waals surface area contributed by atoms with E-state index in [0.29, 0.717) is 11.4 Å². The third-order valence-corrected chi connectivity index (χ3v) is 2.84. The normalized spacial score (nSPS) is 10.3. The van der Waals surface area contributed by atoms with E-state index in [2.05, 4.69) is 4.98 Å². The molecule has 2 aromatic carbocycles. The number of carbonyl (C=O) groups is 1. The van der Waals surface area contributed by atoms with E-state index in [4.69, 9.17) is 4.74 Å². The Hall–Kier alpha value is -2.68. The van der Waals surface area contributed by atoms with Crippen LogP contribution in [0.15, 0.2) is 66.9 Å². The second-order valence-corrected chi connectivity index (χ2v) is 4.09. The average molecular weight is 249 g/mol. The van der Waals surface area contributed by atoms with Gasteiger partial charge in [-0.1, -0.05) is 36.4 Å². The molecule has 0 aliphatic heterocycles. The maximum Gasteiger partial charge on any atom is 0.344 e. The summed E-state index contributed by atoms with van der Waals surface area (Å²) in [5, 5.41) is 1.82. The Bertz CT molecular complexity index is 718. The van der Waals surface area contributed by atoms with Crippen LogP contribution >= 0.6 is 0 Å². The van der Waals surface area contributed by atoms with Crippen molar-refractivity contribution in [3.8, 4) is 5.88 Å². The summed E-state index contributed by atoms with van der Waals surface area (Å²) in [6, 6.07) is 18.4. The minimum absolute atomic E-state index is 0.340. The lowest BCUT2D eigenvalue weighted by molar-refractivity contribution is 0.0730. The molecule has 1 aromatic heterocycles. The van der Waals surface area contributed by atoms with Crippen LogP contribution in [0.4, 0.5) is 0 Å². The van der Waals surface area contributed by atoms with Crippen molar-refractivity contribution in [2.45, 2.75) is 0 Å². The van der Waals surface area contributed by atoms with Crippen molar-refractivity contribution in [2.24, 2.45) is 0 Å². The van der Waals surface area contributed by atoms with Crippen molar-refractivity contribution in [3.05, 3.63) is 72.4 Å². The molecule has 3 rings (SSSR count). The highest BCUT2D eigenvalue weighted by Gasteiger charge is 2.10. The van der Waals surface area contributed by atoms with Crippen LogP contribution in [-0.2, 0) is 0 Å². The molecule has 0 unspecified atom stereocenters. The smallest absolute Gasteiger partial charge is 0.344 e. The van der Waals surface area contributed by atoms with Crippen LogP contribution < -0.4 is 4.74 Å². The van der Waals surface area contributed by atoms with Gasteiger partial charge in [0.2, 0.25) is 5.88 Å². The van der Waals surface area contributed by atoms with Crippen molar-refractivity contribution in [3.63, 3.8) is 0 Å². The third-order valence-electron chi connectivity index (χ3n) is 2.84. The highest BCUT2D eigenvalue weighted by atomic mass is 16.5. The molecular formula is C16H11NO2. The van der Waals surface area contributed by atoms with E-state index in [1.807, 2.05) is 36.4 Å². The molecule has 0 fully saturated rings. The standard InChI is InChI=1S/C16H11NO2/c18-16(13-7-2-1-3-8-13)19-15-14-9-5-4-6-12(14)10-11-17-15/h1-11H. The summed E-state index contributed by atoms with van der Waals surface area (Å²) in [4.78, 5) is 16.1. The summed E-state index contributed by atoms with van der Waals surface area (Å²) in [5.41, 5.74) is 0.511. The van der Waals surface area contributed by atoms with Crippen LogP contribution in [0.25, 0.3) is 10.8 Å². The number of nitrogens with zero attached hydrogens (tertiary/aromatic N) is 1. The largest absolute Gasteiger partial charge is 0.403 e. The summed E-state index contributed by atoms with van der Waals surface area (Å²) in [6.07, 6.45) is 1.63. The molecule has 0 N–H and O–H groups in total. The molecule has 3 heteroatoms. The van der Waals surface area contributed by atoms with Crippen LogP contribution in [0.5, 0.6) is 5.88 Å². The zero-order valence-corrected chi connectivity index (χ0v) is 10.1. The molecule has 0 spiro atoms. The summed E-state index contributed by atoms with van der Waals surface area (Å²) in [6.45, 7) is 0. The fraction of sp³-hybridized carbons (Fsp3) is 0. The fourth-order valence-corrected chi connectivity index (χ4v) is 1.89. The number of fused-ring (bicyclic) bond motifs is 1. The van der Waals surface area contributed by atoms with Crippen molar-refractivity contribution in [1.82, 2.24) is 4.98 Å². The van der Waals surface area contributed by atoms with Gasteiger partial charge in [-0.05, 0) is 29.7 Å². The summed E-state index contributed by atoms with van der Waals surface area (Å²) < 4.78 is 5.36. The lowest BCUT2D eigenvalue weighted by atomic mass is 10.2. The van der Waals surface area contributed by atoms with Gasteiger partial charge in [-0.25, -0.2) is 9.78 Å². The minimum Gasteiger partial charge on any atom is -0.403 e. The lowest BCUT2D eigenvalue weighted by Gasteiger charge is -2.06. The lowest BCUT2D eigenvalue weighted by Crippen LogP contribution is -2.09. The number of rotatable bonds is 2. The van der Waals surface area contributed by atoms with Gasteiger partial charge in [0, 0.05) is 11.6 Å². The van der Waals surface area contributed by atoms with Gasteiger partial charge in [0.15, 0.2) is 0 Å². The fourth-order valence-electron chi connectivity index (χ4n) is 1.89. The summed E-state index contributed by atoms with van der Waals surface area (Å²) >= 11 is 0. The summed E-state index contributed by atoms with van der Waals surface area (Å²) in [7, 11) is 0. The van der Waals surface area contributed by atoms with E-state index in [0.717, 1.165) is 10.8 Å². The first kappa shape index (κ1) is 11.4. The van der Waals surface area contributed by atoms with Crippen molar-refractivity contribution < 1.29 is 9.53 Å². The molecule has 19 heavy (non-hydrogen) atoms. The summed E-state index contributed by atoms with van der Waals surface area (Å²) in [5.74, 6) is -0.0589. The quantitative estimate of drug-likeness (QED) is 0.653. The van der Waals surface area contributed by atoms with Crippen LogP contribution in [0, 0.1) is 0 Å². The molecule has 0 amide bonds. The first-order valence-electron chi connectivity index (χ1n) is 5.95. The molecule has 0 saturated heterocycles. The number of aromatic nitrogens is 1. The molecule has 3 aromatic rings. The number of esters is 1. The Morgan fingerprint density at radius 1 is 0.895 bits per heavy atom. The number of hydrogen-bond donors (Lipinski definition) is 0. The van der Waals surface area contributed by atoms with Crippen LogP contribution in [0.2, 0.25) is 0 Å². The number of benzene rings is 2. The topological polar surface area (TPSA) is 39.2 Å². The molecular weight excluding hydrogens is 238 g/mol. The monoisotopic (exact) mass is 249 g/mol. The maximum absolute atomic E-state index is 12.0. The van der Waals surface area contributed by atoms with Gasteiger partial charge in [0.25, 0.3) is 0 Å². The van der Waals surface area contributed by atoms with Crippen LogP contribution in [0.3, 0.4) is 0 Å². The van der Waals surface area contributed by atoms with Crippen LogP contribution in [-0.4, -0.2) is 11.0 Å². The molecule has 3 nitrogen and oxygen atoms in total. The molecule has 0 atom stereocenters. The molecule has 0 bridgehead atoms. The van der Waals surface area contributed by atoms with Gasteiger partial charge >= 0.3 is 5.97 Å². The Morgan fingerprint density at radius 3 is 2.47 bits per heavy atom. The maximum atomic E-state index is 12.0. The highest BCUT2D eigenvalue weighted by Crippen LogP contribution is 2.23. The van der Waals surface area contributed by atoms with E-state index in [-0.39, 0.29) is 0 Å². The van der Waals surface area contributed by atoms with Gasteiger partial charge in [-0.2, -0.15) is 0 Å². The second kappa shape index (κ2) is 4.90. The van der Waals surface area contributed by atoms with E-state index in [1.165, 1.54) is 0 Å². The Morgan fingerprint density at radius 2 is 1.63 bits per heavy atom. The zero-order valence-electron chi connectivity index (χ0n) is 10.1. The first-order chi connectivity index (χ1) is 9.34. The SMILES string of the molecule is O=C(Oc1nccc2ccccc12)c1ccccc1. The molecule has 0 aliphatic carbocycles. The third kappa shape index (κ3) is 2.31. The Balaban J connectivity index is 1.96. The minimum atomic E-state index is -0.399. The molecule has 0 aliphatic rings. The molecule has 0 radical (unpaired) electrons. The van der Waals surface area contributed by atoms with Gasteiger partial charge in [-0.15, -0.1) is 0 Å². The molecule has 0 saturated carbocycles. The Labute approximate surface area is 110 Å². The van der Waals surface area contributed by atoms with Gasteiger partial charge in [0.05, 0.1) is 5.56 Å². The van der Waals surface area contributed by atoms with E-state index >= 15 is 0 Å². The van der Waals surface area contributed by atoms with E-state index in [1.54, 1.807) is 30.5 Å². The van der Waals surface area contributed by atoms with Gasteiger partial charge < -0.3 is 4.74 Å². The van der Waals surface area contributed by atoms with Crippen molar-refractivity contribution >= 4 is 16.7 Å². The van der Waals surface area contributed by atoms with Gasteiger partial charge in [-0.3, -0.25) is 0 Å². The number of pyridine rings is 1. The van der Waals surface area contributed by atoms with Crippen molar-refractivity contribution in [2.75, 3.05) is 0 Å². The number of hydrogen-bond acceptors (Lipinski definition) is 3. The number of ether oxygens (including phenoxy) is 1. The predicted molar refractivity (Wildman–Crippen MR) is 73.1 cm³/mol. The van der Waals surface area contributed by atoms with Crippen molar-refractivity contribution in [1.29, 1.82) is 0 Å². The number of carbonyl (C=O) groups excluding carboxylic acids is 1. The van der Waals surface area contributed by atoms with E-state index < -0.39 is 5.97 Å². The van der Waals surface area contributed by atoms with Crippen LogP contribution in [0.1, 0.15) is 10.4 Å². The first-order valence-corrected chi connectivity index (χ1v) is 5.95. The molecule has 1 heterocycles. The zero-order chi connectivity index (χ0) is 13.1. The Kier molecular flexibility index (Phi) is 2.94. The van der Waals surface area contributed by atoms with E-state index in [9.17, 15) is 4.79 Å². The average Bonchev–Trinajstić information content (AvgIpc) is 2.48.